The van der Waals surface area contributed by atoms with Gasteiger partial charge in [-0.05, 0) is 24.0 Å². The molecule has 18 heavy (non-hydrogen) atoms. The number of amides is 1. The minimum atomic E-state index is -0.820. The molecule has 1 fully saturated rings. The van der Waals surface area contributed by atoms with Gasteiger partial charge in [-0.1, -0.05) is 29.8 Å². The van der Waals surface area contributed by atoms with Crippen LogP contribution in [0.5, 0.6) is 0 Å². The largest absolute Gasteiger partial charge is 0.338 e. The number of carbonyl (C=O) groups excluding carboxylic acids is 1. The lowest BCUT2D eigenvalue weighted by atomic mass is 10.0. The summed E-state index contributed by atoms with van der Waals surface area (Å²) in [6.45, 7) is 5.17. The van der Waals surface area contributed by atoms with Crippen molar-refractivity contribution in [1.29, 1.82) is 0 Å². The van der Waals surface area contributed by atoms with E-state index in [0.29, 0.717) is 24.9 Å². The highest BCUT2D eigenvalue weighted by Gasteiger charge is 2.32. The summed E-state index contributed by atoms with van der Waals surface area (Å²) in [5.41, 5.74) is -0.459. The number of rotatable bonds is 1. The summed E-state index contributed by atoms with van der Waals surface area (Å²) in [7, 11) is 0. The second-order valence-electron chi connectivity index (χ2n) is 4.91. The Bertz CT molecular complexity index is 459. The molecule has 5 heteroatoms. The Labute approximate surface area is 113 Å². The maximum Gasteiger partial charge on any atom is 0.259 e. The van der Waals surface area contributed by atoms with Crippen molar-refractivity contribution in [2.75, 3.05) is 13.1 Å². The molecule has 2 unspecified atom stereocenters. The molecule has 0 N–H and O–H groups in total. The quantitative estimate of drug-likeness (QED) is 0.776. The molecule has 98 valence electrons. The average Bonchev–Trinajstić information content (AvgIpc) is 2.57. The molecule has 0 aliphatic carbocycles. The van der Waals surface area contributed by atoms with Gasteiger partial charge in [-0.25, -0.2) is 8.78 Å². The van der Waals surface area contributed by atoms with Gasteiger partial charge in [-0.3, -0.25) is 4.79 Å². The van der Waals surface area contributed by atoms with Gasteiger partial charge in [0.25, 0.3) is 5.91 Å². The van der Waals surface area contributed by atoms with Crippen LogP contribution in [0.3, 0.4) is 0 Å². The molecule has 0 spiro atoms. The van der Waals surface area contributed by atoms with E-state index in [4.69, 9.17) is 0 Å². The SMILES string of the molecule is CC1CN(C(=O)c2c(F)cc(Br)cc2F)CC1C. The van der Waals surface area contributed by atoms with Crippen molar-refractivity contribution in [3.63, 3.8) is 0 Å². The fraction of sp³-hybridized carbons (Fsp3) is 0.462. The number of likely N-dealkylation sites (tertiary alicyclic amines) is 1. The van der Waals surface area contributed by atoms with Crippen LogP contribution in [-0.2, 0) is 0 Å². The Balaban J connectivity index is 2.30. The topological polar surface area (TPSA) is 20.3 Å². The second-order valence-corrected chi connectivity index (χ2v) is 5.82. The molecule has 0 radical (unpaired) electrons. The number of benzene rings is 1. The lowest BCUT2D eigenvalue weighted by molar-refractivity contribution is 0.0775. The van der Waals surface area contributed by atoms with E-state index in [0.717, 1.165) is 12.1 Å². The van der Waals surface area contributed by atoms with Gasteiger partial charge < -0.3 is 4.90 Å². The monoisotopic (exact) mass is 317 g/mol. The first kappa shape index (κ1) is 13.5. The number of carbonyl (C=O) groups is 1. The zero-order valence-corrected chi connectivity index (χ0v) is 11.8. The molecule has 1 amide bonds. The maximum absolute atomic E-state index is 13.7. The van der Waals surface area contributed by atoms with Crippen molar-refractivity contribution in [3.8, 4) is 0 Å². The third-order valence-electron chi connectivity index (χ3n) is 3.50. The lowest BCUT2D eigenvalue weighted by Crippen LogP contribution is -2.30. The molecule has 1 heterocycles. The van der Waals surface area contributed by atoms with Crippen LogP contribution in [0.1, 0.15) is 24.2 Å². The fourth-order valence-corrected chi connectivity index (χ4v) is 2.60. The summed E-state index contributed by atoms with van der Waals surface area (Å²) in [4.78, 5) is 13.6. The highest BCUT2D eigenvalue weighted by atomic mass is 79.9. The van der Waals surface area contributed by atoms with Crippen molar-refractivity contribution in [1.82, 2.24) is 4.90 Å². The summed E-state index contributed by atoms with van der Waals surface area (Å²) >= 11 is 2.99. The van der Waals surface area contributed by atoms with Gasteiger partial charge in [0.05, 0.1) is 0 Å². The first-order valence-electron chi connectivity index (χ1n) is 5.84. The van der Waals surface area contributed by atoms with Crippen LogP contribution in [-0.4, -0.2) is 23.9 Å². The second kappa shape index (κ2) is 4.96. The van der Waals surface area contributed by atoms with Gasteiger partial charge in [0.1, 0.15) is 17.2 Å². The van der Waals surface area contributed by atoms with Crippen LogP contribution >= 0.6 is 15.9 Å². The normalized spacial score (nSPS) is 23.5. The summed E-state index contributed by atoms with van der Waals surface area (Å²) in [5.74, 6) is -1.49. The van der Waals surface area contributed by atoms with Gasteiger partial charge in [0.15, 0.2) is 0 Å². The van der Waals surface area contributed by atoms with E-state index in [9.17, 15) is 13.6 Å². The molecule has 0 bridgehead atoms. The van der Waals surface area contributed by atoms with Crippen molar-refractivity contribution >= 4 is 21.8 Å². The lowest BCUT2D eigenvalue weighted by Gasteiger charge is -2.17. The van der Waals surface area contributed by atoms with Gasteiger partial charge in [-0.2, -0.15) is 0 Å². The van der Waals surface area contributed by atoms with E-state index in [1.54, 1.807) is 0 Å². The van der Waals surface area contributed by atoms with E-state index in [-0.39, 0.29) is 4.47 Å². The van der Waals surface area contributed by atoms with Crippen LogP contribution in [0.4, 0.5) is 8.78 Å². The number of halogens is 3. The first-order valence-corrected chi connectivity index (χ1v) is 6.63. The van der Waals surface area contributed by atoms with E-state index >= 15 is 0 Å². The molecule has 1 aliphatic heterocycles. The Kier molecular flexibility index (Phi) is 3.71. The van der Waals surface area contributed by atoms with Crippen LogP contribution in [0.25, 0.3) is 0 Å². The fourth-order valence-electron chi connectivity index (χ4n) is 2.20. The van der Waals surface area contributed by atoms with Crippen molar-refractivity contribution in [2.45, 2.75) is 13.8 Å². The van der Waals surface area contributed by atoms with Gasteiger partial charge in [0.2, 0.25) is 0 Å². The Morgan fingerprint density at radius 1 is 1.22 bits per heavy atom. The first-order chi connectivity index (χ1) is 8.40. The van der Waals surface area contributed by atoms with Crippen molar-refractivity contribution in [2.24, 2.45) is 11.8 Å². The molecular formula is C13H14BrF2NO. The highest BCUT2D eigenvalue weighted by Crippen LogP contribution is 2.26. The van der Waals surface area contributed by atoms with E-state index < -0.39 is 23.1 Å². The number of hydrogen-bond donors (Lipinski definition) is 0. The van der Waals surface area contributed by atoms with Crippen molar-refractivity contribution in [3.05, 3.63) is 33.8 Å². The van der Waals surface area contributed by atoms with Gasteiger partial charge >= 0.3 is 0 Å². The van der Waals surface area contributed by atoms with E-state index in [1.807, 2.05) is 13.8 Å². The van der Waals surface area contributed by atoms with E-state index in [1.165, 1.54) is 4.90 Å². The molecule has 1 aromatic carbocycles. The Morgan fingerprint density at radius 2 is 1.67 bits per heavy atom. The molecular weight excluding hydrogens is 304 g/mol. The predicted molar refractivity (Wildman–Crippen MR) is 68.3 cm³/mol. The molecule has 0 saturated carbocycles. The highest BCUT2D eigenvalue weighted by molar-refractivity contribution is 9.10. The van der Waals surface area contributed by atoms with Crippen LogP contribution in [0, 0.1) is 23.5 Å². The maximum atomic E-state index is 13.7. The predicted octanol–water partition coefficient (Wildman–Crippen LogP) is 3.46. The molecule has 1 aromatic rings. The average molecular weight is 318 g/mol. The third kappa shape index (κ3) is 2.41. The third-order valence-corrected chi connectivity index (χ3v) is 3.95. The minimum absolute atomic E-state index is 0.289. The summed E-state index contributed by atoms with van der Waals surface area (Å²) in [5, 5.41) is 0. The molecule has 2 nitrogen and oxygen atoms in total. The number of hydrogen-bond acceptors (Lipinski definition) is 1. The summed E-state index contributed by atoms with van der Waals surface area (Å²) in [6.07, 6.45) is 0. The van der Waals surface area contributed by atoms with Crippen molar-refractivity contribution < 1.29 is 13.6 Å². The summed E-state index contributed by atoms with van der Waals surface area (Å²) in [6, 6.07) is 2.22. The van der Waals surface area contributed by atoms with E-state index in [2.05, 4.69) is 15.9 Å². The molecule has 2 rings (SSSR count). The Hall–Kier alpha value is -0.970. The van der Waals surface area contributed by atoms with Gasteiger partial charge in [-0.15, -0.1) is 0 Å². The van der Waals surface area contributed by atoms with Crippen LogP contribution in [0.2, 0.25) is 0 Å². The van der Waals surface area contributed by atoms with Gasteiger partial charge in [0, 0.05) is 17.6 Å². The zero-order chi connectivity index (χ0) is 13.4. The summed E-state index contributed by atoms with van der Waals surface area (Å²) < 4.78 is 27.7. The molecule has 2 atom stereocenters. The zero-order valence-electron chi connectivity index (χ0n) is 10.2. The molecule has 0 aromatic heterocycles. The number of nitrogens with zero attached hydrogens (tertiary/aromatic N) is 1. The van der Waals surface area contributed by atoms with Crippen LogP contribution in [0.15, 0.2) is 16.6 Å². The van der Waals surface area contributed by atoms with Crippen LogP contribution < -0.4 is 0 Å². The minimum Gasteiger partial charge on any atom is -0.338 e. The standard InChI is InChI=1S/C13H14BrF2NO/c1-7-5-17(6-8(7)2)13(18)12-10(15)3-9(14)4-11(12)16/h3-4,7-8H,5-6H2,1-2H3. The smallest absolute Gasteiger partial charge is 0.259 e. The Morgan fingerprint density at radius 3 is 2.11 bits per heavy atom. The molecule has 1 saturated heterocycles. The molecule has 1 aliphatic rings.